The third-order valence-corrected chi connectivity index (χ3v) is 5.83. The van der Waals surface area contributed by atoms with E-state index in [9.17, 15) is 9.90 Å². The fraction of sp³-hybridized carbons (Fsp3) is 0.381. The van der Waals surface area contributed by atoms with Crippen LogP contribution in [0, 0.1) is 11.8 Å². The van der Waals surface area contributed by atoms with Crippen molar-refractivity contribution in [2.45, 2.75) is 12.8 Å². The minimum Gasteiger partial charge on any atom is -0.502 e. The van der Waals surface area contributed by atoms with E-state index in [1.165, 1.54) is 14.2 Å². The van der Waals surface area contributed by atoms with Crippen molar-refractivity contribution in [3.05, 3.63) is 29.3 Å². The Morgan fingerprint density at radius 2 is 1.79 bits per heavy atom. The number of phenols is 1. The number of cyclic esters (lactones) is 1. The molecule has 0 amide bonds. The molecule has 0 radical (unpaired) electrons. The summed E-state index contributed by atoms with van der Waals surface area (Å²) in [5.74, 6) is 1.52. The predicted octanol–water partition coefficient (Wildman–Crippen LogP) is 2.69. The molecule has 0 bridgehead atoms. The Labute approximate surface area is 161 Å². The van der Waals surface area contributed by atoms with E-state index in [1.54, 1.807) is 6.07 Å². The maximum Gasteiger partial charge on any atom is 0.309 e. The Kier molecular flexibility index (Phi) is 3.79. The van der Waals surface area contributed by atoms with Crippen molar-refractivity contribution in [3.8, 4) is 39.9 Å². The first-order valence-electron chi connectivity index (χ1n) is 9.17. The van der Waals surface area contributed by atoms with Gasteiger partial charge in [-0.1, -0.05) is 0 Å². The first-order chi connectivity index (χ1) is 13.6. The largest absolute Gasteiger partial charge is 0.502 e. The van der Waals surface area contributed by atoms with Gasteiger partial charge in [0.25, 0.3) is 0 Å². The summed E-state index contributed by atoms with van der Waals surface area (Å²) in [6.07, 6.45) is 1.15. The number of esters is 1. The zero-order valence-corrected chi connectivity index (χ0v) is 15.6. The van der Waals surface area contributed by atoms with Crippen LogP contribution in [0.5, 0.6) is 28.7 Å². The van der Waals surface area contributed by atoms with Gasteiger partial charge in [0.05, 0.1) is 26.7 Å². The fourth-order valence-electron chi connectivity index (χ4n) is 4.45. The van der Waals surface area contributed by atoms with Crippen molar-refractivity contribution in [2.75, 3.05) is 27.6 Å². The summed E-state index contributed by atoms with van der Waals surface area (Å²) in [4.78, 5) is 12.4. The molecule has 1 aliphatic carbocycles. The highest BCUT2D eigenvalue weighted by molar-refractivity contribution is 5.85. The van der Waals surface area contributed by atoms with Gasteiger partial charge in [0.15, 0.2) is 23.0 Å². The number of carbonyl (C=O) groups is 1. The maximum absolute atomic E-state index is 12.4. The second-order valence-electron chi connectivity index (χ2n) is 7.26. The lowest BCUT2D eigenvalue weighted by Crippen LogP contribution is -2.23. The quantitative estimate of drug-likeness (QED) is 0.797. The Bertz CT molecular complexity index is 981. The molecule has 7 heteroatoms. The first kappa shape index (κ1) is 17.0. The van der Waals surface area contributed by atoms with Crippen LogP contribution in [0.4, 0.5) is 0 Å². The van der Waals surface area contributed by atoms with E-state index in [0.717, 1.165) is 22.3 Å². The number of hydrogen-bond donors (Lipinski definition) is 1. The topological polar surface area (TPSA) is 83.5 Å². The monoisotopic (exact) mass is 384 g/mol. The molecule has 1 fully saturated rings. The van der Waals surface area contributed by atoms with Crippen LogP contribution in [0.3, 0.4) is 0 Å². The highest BCUT2D eigenvalue weighted by Gasteiger charge is 2.40. The van der Waals surface area contributed by atoms with Gasteiger partial charge >= 0.3 is 5.97 Å². The lowest BCUT2D eigenvalue weighted by atomic mass is 9.77. The van der Waals surface area contributed by atoms with Crippen LogP contribution in [0.1, 0.15) is 11.1 Å². The molecule has 28 heavy (non-hydrogen) atoms. The normalized spacial score (nSPS) is 21.7. The summed E-state index contributed by atoms with van der Waals surface area (Å²) in [5.41, 5.74) is 3.50. The van der Waals surface area contributed by atoms with Crippen LogP contribution in [-0.4, -0.2) is 38.7 Å². The number of hydrogen-bond acceptors (Lipinski definition) is 7. The number of carbonyl (C=O) groups excluding carboxylic acids is 1. The third-order valence-electron chi connectivity index (χ3n) is 5.83. The summed E-state index contributed by atoms with van der Waals surface area (Å²) >= 11 is 0. The molecule has 2 aromatic carbocycles. The molecule has 1 N–H and O–H groups in total. The standard InChI is InChI=1S/C21H20O7/c1-24-17-6-11-4-14-12(8-26-21(14)23)3-10-5-15-16(28-9-27-15)7-13(10)18(11)20(25-2)19(17)22/h5-7,12,14,22H,3-4,8-9H2,1-2H3/t12-,14+/m0/s1. The van der Waals surface area contributed by atoms with E-state index in [0.29, 0.717) is 42.4 Å². The second kappa shape index (κ2) is 6.22. The van der Waals surface area contributed by atoms with Gasteiger partial charge in [0, 0.05) is 11.5 Å². The SMILES string of the molecule is COc1cc2c(c(OC)c1O)-c1cc3c(cc1C[C@H]1COC(=O)[C@@H]1C2)OCO3. The summed E-state index contributed by atoms with van der Waals surface area (Å²) in [5, 5.41) is 10.7. The number of ether oxygens (including phenoxy) is 5. The average molecular weight is 384 g/mol. The van der Waals surface area contributed by atoms with Gasteiger partial charge in [-0.3, -0.25) is 4.79 Å². The summed E-state index contributed by atoms with van der Waals surface area (Å²) in [6.45, 7) is 0.572. The van der Waals surface area contributed by atoms with Crippen LogP contribution in [0.25, 0.3) is 11.1 Å². The van der Waals surface area contributed by atoms with Crippen molar-refractivity contribution in [1.29, 1.82) is 0 Å². The van der Waals surface area contributed by atoms with E-state index in [4.69, 9.17) is 23.7 Å². The Balaban J connectivity index is 1.81. The summed E-state index contributed by atoms with van der Waals surface area (Å²) in [6, 6.07) is 5.64. The van der Waals surface area contributed by atoms with E-state index >= 15 is 0 Å². The lowest BCUT2D eigenvalue weighted by Gasteiger charge is -2.26. The van der Waals surface area contributed by atoms with E-state index in [1.807, 2.05) is 12.1 Å². The van der Waals surface area contributed by atoms with E-state index in [-0.39, 0.29) is 30.3 Å². The number of rotatable bonds is 2. The van der Waals surface area contributed by atoms with Gasteiger partial charge in [-0.25, -0.2) is 0 Å². The van der Waals surface area contributed by atoms with Crippen LogP contribution in [0.2, 0.25) is 0 Å². The van der Waals surface area contributed by atoms with Gasteiger partial charge in [-0.2, -0.15) is 0 Å². The van der Waals surface area contributed by atoms with E-state index < -0.39 is 0 Å². The zero-order chi connectivity index (χ0) is 19.4. The number of phenolic OH excluding ortho intramolecular Hbond substituents is 1. The van der Waals surface area contributed by atoms with Crippen molar-refractivity contribution in [2.24, 2.45) is 11.8 Å². The zero-order valence-electron chi connectivity index (χ0n) is 15.6. The van der Waals surface area contributed by atoms with Crippen molar-refractivity contribution in [3.63, 3.8) is 0 Å². The maximum atomic E-state index is 12.4. The molecular weight excluding hydrogens is 364 g/mol. The number of fused-ring (bicyclic) bond motifs is 5. The molecule has 2 aliphatic heterocycles. The minimum atomic E-state index is -0.253. The van der Waals surface area contributed by atoms with Crippen molar-refractivity contribution < 1.29 is 33.6 Å². The molecule has 2 heterocycles. The average Bonchev–Trinajstić information content (AvgIpc) is 3.27. The summed E-state index contributed by atoms with van der Waals surface area (Å²) < 4.78 is 27.4. The number of aromatic hydroxyl groups is 1. The van der Waals surface area contributed by atoms with Gasteiger partial charge in [0.2, 0.25) is 12.5 Å². The Hall–Kier alpha value is -3.09. The molecule has 0 saturated carbocycles. The van der Waals surface area contributed by atoms with Crippen LogP contribution in [-0.2, 0) is 22.4 Å². The van der Waals surface area contributed by atoms with Crippen LogP contribution < -0.4 is 18.9 Å². The van der Waals surface area contributed by atoms with Gasteiger partial charge in [0.1, 0.15) is 0 Å². The molecule has 5 rings (SSSR count). The van der Waals surface area contributed by atoms with Crippen LogP contribution in [0.15, 0.2) is 18.2 Å². The smallest absolute Gasteiger partial charge is 0.309 e. The van der Waals surface area contributed by atoms with Crippen LogP contribution >= 0.6 is 0 Å². The molecule has 7 nitrogen and oxygen atoms in total. The highest BCUT2D eigenvalue weighted by Crippen LogP contribution is 2.52. The Morgan fingerprint density at radius 1 is 1.00 bits per heavy atom. The lowest BCUT2D eigenvalue weighted by molar-refractivity contribution is -0.141. The van der Waals surface area contributed by atoms with Crippen molar-refractivity contribution in [1.82, 2.24) is 0 Å². The molecule has 0 spiro atoms. The molecule has 2 atom stereocenters. The molecular formula is C21H20O7. The number of methoxy groups -OCH3 is 2. The van der Waals surface area contributed by atoms with Gasteiger partial charge < -0.3 is 28.8 Å². The van der Waals surface area contributed by atoms with Gasteiger partial charge in [-0.05, 0) is 47.7 Å². The minimum absolute atomic E-state index is 0.0708. The van der Waals surface area contributed by atoms with Crippen molar-refractivity contribution >= 4 is 5.97 Å². The molecule has 1 saturated heterocycles. The molecule has 146 valence electrons. The Morgan fingerprint density at radius 3 is 2.54 bits per heavy atom. The summed E-state index contributed by atoms with van der Waals surface area (Å²) in [7, 11) is 3.00. The third kappa shape index (κ3) is 2.38. The highest BCUT2D eigenvalue weighted by atomic mass is 16.7. The van der Waals surface area contributed by atoms with Gasteiger partial charge in [-0.15, -0.1) is 0 Å². The number of benzene rings is 2. The molecule has 0 unspecified atom stereocenters. The second-order valence-corrected chi connectivity index (χ2v) is 7.26. The van der Waals surface area contributed by atoms with E-state index in [2.05, 4.69) is 0 Å². The first-order valence-corrected chi connectivity index (χ1v) is 9.17. The molecule has 2 aromatic rings. The fourth-order valence-corrected chi connectivity index (χ4v) is 4.45. The molecule has 0 aromatic heterocycles. The predicted molar refractivity (Wildman–Crippen MR) is 98.1 cm³/mol. The molecule has 3 aliphatic rings.